The number of carbonyl (C=O) groups is 2. The van der Waals surface area contributed by atoms with Gasteiger partial charge in [-0.2, -0.15) is 5.26 Å². The minimum atomic E-state index is -3.50. The quantitative estimate of drug-likeness (QED) is 0.592. The first kappa shape index (κ1) is 19.9. The molecule has 0 saturated heterocycles. The van der Waals surface area contributed by atoms with E-state index in [0.717, 1.165) is 6.26 Å². The maximum Gasteiger partial charge on any atom is 0.338 e. The molecular formula is C19H15N3O6S. The molecule has 0 spiro atoms. The third kappa shape index (κ3) is 4.91. The number of fused-ring (bicyclic) bond motifs is 1. The molecule has 148 valence electrons. The van der Waals surface area contributed by atoms with E-state index in [2.05, 4.69) is 10.0 Å². The summed E-state index contributed by atoms with van der Waals surface area (Å²) in [5.74, 6) is -1.54. The third-order valence-electron chi connectivity index (χ3n) is 3.70. The molecule has 2 aromatic carbocycles. The van der Waals surface area contributed by atoms with Crippen LogP contribution in [0, 0.1) is 11.3 Å². The van der Waals surface area contributed by atoms with E-state index in [0.29, 0.717) is 11.0 Å². The summed E-state index contributed by atoms with van der Waals surface area (Å²) in [6, 6.07) is 14.3. The van der Waals surface area contributed by atoms with Crippen molar-refractivity contribution in [1.29, 1.82) is 5.26 Å². The van der Waals surface area contributed by atoms with E-state index in [-0.39, 0.29) is 22.7 Å². The zero-order chi connectivity index (χ0) is 21.0. The van der Waals surface area contributed by atoms with Crippen molar-refractivity contribution in [3.05, 3.63) is 59.9 Å². The fourth-order valence-corrected chi connectivity index (χ4v) is 3.12. The molecule has 0 aliphatic rings. The van der Waals surface area contributed by atoms with Crippen LogP contribution in [-0.4, -0.2) is 33.2 Å². The number of esters is 1. The van der Waals surface area contributed by atoms with Crippen LogP contribution in [0.3, 0.4) is 0 Å². The Morgan fingerprint density at radius 2 is 1.93 bits per heavy atom. The van der Waals surface area contributed by atoms with Crippen LogP contribution in [0.15, 0.2) is 52.9 Å². The van der Waals surface area contributed by atoms with E-state index in [1.807, 2.05) is 6.07 Å². The zero-order valence-electron chi connectivity index (χ0n) is 15.1. The second-order valence-electron chi connectivity index (χ2n) is 5.99. The number of rotatable bonds is 6. The molecule has 9 nitrogen and oxygen atoms in total. The second-order valence-corrected chi connectivity index (χ2v) is 7.74. The van der Waals surface area contributed by atoms with Crippen molar-refractivity contribution in [2.45, 2.75) is 0 Å². The first-order valence-electron chi connectivity index (χ1n) is 8.23. The number of carbonyl (C=O) groups excluding carboxylic acids is 2. The molecule has 0 saturated carbocycles. The minimum absolute atomic E-state index is 0.0644. The maximum atomic E-state index is 12.2. The average Bonchev–Trinajstić information content (AvgIpc) is 3.02. The number of hydrogen-bond donors (Lipinski definition) is 2. The molecule has 0 unspecified atom stereocenters. The van der Waals surface area contributed by atoms with Gasteiger partial charge in [0.05, 0.1) is 11.8 Å². The average molecular weight is 413 g/mol. The second kappa shape index (κ2) is 8.04. The number of benzene rings is 2. The summed E-state index contributed by atoms with van der Waals surface area (Å²) in [6.45, 7) is -0.604. The predicted octanol–water partition coefficient (Wildman–Crippen LogP) is 2.47. The van der Waals surface area contributed by atoms with Crippen molar-refractivity contribution in [3.63, 3.8) is 0 Å². The van der Waals surface area contributed by atoms with Crippen molar-refractivity contribution in [3.8, 4) is 6.07 Å². The molecule has 0 aliphatic heterocycles. The van der Waals surface area contributed by atoms with Crippen molar-refractivity contribution in [2.75, 3.05) is 22.9 Å². The molecule has 3 rings (SSSR count). The van der Waals surface area contributed by atoms with Gasteiger partial charge in [-0.25, -0.2) is 13.2 Å². The number of ether oxygens (including phenoxy) is 1. The summed E-state index contributed by atoms with van der Waals surface area (Å²) in [7, 11) is -3.50. The molecule has 0 bridgehead atoms. The molecule has 0 fully saturated rings. The number of nitrogens with zero attached hydrogens (tertiary/aromatic N) is 1. The van der Waals surface area contributed by atoms with Crippen LogP contribution in [0.4, 0.5) is 11.4 Å². The number of sulfonamides is 1. The predicted molar refractivity (Wildman–Crippen MR) is 105 cm³/mol. The molecule has 1 aromatic heterocycles. The van der Waals surface area contributed by atoms with Crippen LogP contribution in [-0.2, 0) is 19.6 Å². The highest BCUT2D eigenvalue weighted by molar-refractivity contribution is 7.92. The van der Waals surface area contributed by atoms with E-state index >= 15 is 0 Å². The number of nitriles is 1. The largest absolute Gasteiger partial charge is 0.452 e. The first-order chi connectivity index (χ1) is 13.8. The normalized spacial score (nSPS) is 10.9. The highest BCUT2D eigenvalue weighted by atomic mass is 32.2. The van der Waals surface area contributed by atoms with Crippen LogP contribution >= 0.6 is 0 Å². The summed E-state index contributed by atoms with van der Waals surface area (Å²) in [5, 5.41) is 12.2. The van der Waals surface area contributed by atoms with E-state index in [1.54, 1.807) is 24.3 Å². The summed E-state index contributed by atoms with van der Waals surface area (Å²) in [5.41, 5.74) is 0.892. The van der Waals surface area contributed by atoms with Crippen LogP contribution in [0.25, 0.3) is 11.0 Å². The van der Waals surface area contributed by atoms with Gasteiger partial charge >= 0.3 is 5.97 Å². The van der Waals surface area contributed by atoms with Crippen molar-refractivity contribution in [2.24, 2.45) is 0 Å². The third-order valence-corrected chi connectivity index (χ3v) is 4.30. The van der Waals surface area contributed by atoms with E-state index in [9.17, 15) is 23.3 Å². The topological polar surface area (TPSA) is 138 Å². The summed E-state index contributed by atoms with van der Waals surface area (Å²) < 4.78 is 35.1. The van der Waals surface area contributed by atoms with Crippen LogP contribution in [0.5, 0.6) is 0 Å². The molecule has 2 N–H and O–H groups in total. The zero-order valence-corrected chi connectivity index (χ0v) is 15.9. The van der Waals surface area contributed by atoms with Crippen molar-refractivity contribution < 1.29 is 27.2 Å². The molecule has 0 atom stereocenters. The Kier molecular flexibility index (Phi) is 5.52. The van der Waals surface area contributed by atoms with Crippen LogP contribution < -0.4 is 10.0 Å². The lowest BCUT2D eigenvalue weighted by Crippen LogP contribution is -2.21. The molecule has 3 aromatic rings. The number of furan rings is 1. The van der Waals surface area contributed by atoms with Crippen LogP contribution in [0.2, 0.25) is 0 Å². The lowest BCUT2D eigenvalue weighted by Gasteiger charge is -2.08. The van der Waals surface area contributed by atoms with Gasteiger partial charge in [-0.15, -0.1) is 0 Å². The van der Waals surface area contributed by atoms with Gasteiger partial charge in [0.1, 0.15) is 17.3 Å². The van der Waals surface area contributed by atoms with Gasteiger partial charge in [-0.05, 0) is 30.3 Å². The molecular weight excluding hydrogens is 398 g/mol. The number of hydrogen-bond acceptors (Lipinski definition) is 7. The Labute approximate surface area is 165 Å². The number of anilines is 2. The van der Waals surface area contributed by atoms with Gasteiger partial charge in [-0.3, -0.25) is 9.52 Å². The first-order valence-corrected chi connectivity index (χ1v) is 10.1. The number of amides is 1. The molecule has 0 radical (unpaired) electrons. The maximum absolute atomic E-state index is 12.2. The Hall–Kier alpha value is -3.84. The summed E-state index contributed by atoms with van der Waals surface area (Å²) in [4.78, 5) is 24.3. The smallest absolute Gasteiger partial charge is 0.338 e. The number of nitrogens with one attached hydrogen (secondary N) is 2. The lowest BCUT2D eigenvalue weighted by atomic mass is 10.2. The Morgan fingerprint density at radius 1 is 1.17 bits per heavy atom. The van der Waals surface area contributed by atoms with E-state index in [1.165, 1.54) is 24.3 Å². The van der Waals surface area contributed by atoms with Gasteiger partial charge < -0.3 is 14.5 Å². The Morgan fingerprint density at radius 3 is 2.66 bits per heavy atom. The van der Waals surface area contributed by atoms with Crippen molar-refractivity contribution in [1.82, 2.24) is 0 Å². The monoisotopic (exact) mass is 413 g/mol. The van der Waals surface area contributed by atoms with Gasteiger partial charge in [0, 0.05) is 11.1 Å². The highest BCUT2D eigenvalue weighted by Gasteiger charge is 2.17. The molecule has 10 heteroatoms. The molecule has 1 amide bonds. The fourth-order valence-electron chi connectivity index (χ4n) is 2.56. The highest BCUT2D eigenvalue weighted by Crippen LogP contribution is 2.30. The van der Waals surface area contributed by atoms with Crippen LogP contribution in [0.1, 0.15) is 16.1 Å². The summed E-state index contributed by atoms with van der Waals surface area (Å²) in [6.07, 6.45) is 0.984. The standard InChI is InChI=1S/C19H15N3O6S/c1-29(25,26)22-13-6-4-5-12(9-13)19(24)27-11-17(23)21-18-14-7-2-3-8-15(14)28-16(18)10-20/h2-9,22H,11H2,1H3,(H,21,23). The molecule has 0 aliphatic carbocycles. The SMILES string of the molecule is CS(=O)(=O)Nc1cccc(C(=O)OCC(=O)Nc2c(C#N)oc3ccccc23)c1. The fraction of sp³-hybridized carbons (Fsp3) is 0.105. The van der Waals surface area contributed by atoms with Gasteiger partial charge in [0.25, 0.3) is 5.91 Å². The van der Waals surface area contributed by atoms with E-state index in [4.69, 9.17) is 9.15 Å². The molecule has 1 heterocycles. The van der Waals surface area contributed by atoms with Gasteiger partial charge in [0.15, 0.2) is 6.61 Å². The van der Waals surface area contributed by atoms with E-state index < -0.39 is 28.5 Å². The van der Waals surface area contributed by atoms with Crippen molar-refractivity contribution >= 4 is 44.2 Å². The minimum Gasteiger partial charge on any atom is -0.452 e. The molecule has 29 heavy (non-hydrogen) atoms. The number of para-hydroxylation sites is 1. The summed E-state index contributed by atoms with van der Waals surface area (Å²) >= 11 is 0. The Bertz CT molecular complexity index is 1240. The van der Waals surface area contributed by atoms with Gasteiger partial charge in [-0.1, -0.05) is 18.2 Å². The Balaban J connectivity index is 1.67. The lowest BCUT2D eigenvalue weighted by molar-refractivity contribution is -0.119. The van der Waals surface area contributed by atoms with Gasteiger partial charge in [0.2, 0.25) is 15.8 Å².